The van der Waals surface area contributed by atoms with Crippen LogP contribution in [0.25, 0.3) is 0 Å². The number of rotatable bonds is 4. The molecular weight excluding hydrogens is 280 g/mol. The van der Waals surface area contributed by atoms with Gasteiger partial charge in [-0.3, -0.25) is 4.79 Å². The van der Waals surface area contributed by atoms with Crippen LogP contribution in [-0.2, 0) is 6.42 Å². The number of benzene rings is 2. The van der Waals surface area contributed by atoms with Crippen LogP contribution in [0.2, 0.25) is 0 Å². The number of aryl methyl sites for hydroxylation is 2. The van der Waals surface area contributed by atoms with Gasteiger partial charge in [-0.25, -0.2) is 0 Å². The fourth-order valence-corrected chi connectivity index (χ4v) is 2.21. The van der Waals surface area contributed by atoms with Crippen molar-refractivity contribution in [3.63, 3.8) is 0 Å². The van der Waals surface area contributed by atoms with Crippen molar-refractivity contribution in [2.45, 2.75) is 20.3 Å². The predicted octanol–water partition coefficient (Wildman–Crippen LogP) is 3.38. The van der Waals surface area contributed by atoms with Gasteiger partial charge in [0, 0.05) is 17.7 Å². The van der Waals surface area contributed by atoms with Crippen LogP contribution in [0.1, 0.15) is 27.0 Å². The summed E-state index contributed by atoms with van der Waals surface area (Å²) in [6.07, 6.45) is 0.550. The van der Waals surface area contributed by atoms with Crippen LogP contribution in [0.3, 0.4) is 0 Å². The van der Waals surface area contributed by atoms with Crippen LogP contribution in [-0.4, -0.2) is 10.9 Å². The summed E-state index contributed by atoms with van der Waals surface area (Å²) < 4.78 is 0. The molecule has 3 N–H and O–H groups in total. The molecule has 0 bridgehead atoms. The van der Waals surface area contributed by atoms with Gasteiger partial charge >= 0.3 is 0 Å². The number of thiocarbonyl (C=S) groups is 1. The fourth-order valence-electron chi connectivity index (χ4n) is 2.04. The Hall–Kier alpha value is -2.20. The first-order valence-corrected chi connectivity index (χ1v) is 7.12. The molecule has 0 unspecified atom stereocenters. The van der Waals surface area contributed by atoms with E-state index in [0.717, 1.165) is 22.4 Å². The van der Waals surface area contributed by atoms with Gasteiger partial charge in [-0.1, -0.05) is 36.5 Å². The zero-order chi connectivity index (χ0) is 15.4. The van der Waals surface area contributed by atoms with Crippen molar-refractivity contribution >= 4 is 28.8 Å². The van der Waals surface area contributed by atoms with Crippen molar-refractivity contribution in [3.05, 3.63) is 64.7 Å². The van der Waals surface area contributed by atoms with Gasteiger partial charge in [-0.05, 0) is 48.7 Å². The van der Waals surface area contributed by atoms with E-state index in [1.54, 1.807) is 12.1 Å². The van der Waals surface area contributed by atoms with E-state index in [-0.39, 0.29) is 5.91 Å². The molecule has 0 fully saturated rings. The molecule has 21 heavy (non-hydrogen) atoms. The molecule has 2 rings (SSSR count). The Bertz CT molecular complexity index is 678. The number of anilines is 1. The van der Waals surface area contributed by atoms with Gasteiger partial charge in [0.05, 0.1) is 4.99 Å². The van der Waals surface area contributed by atoms with Crippen molar-refractivity contribution < 1.29 is 4.79 Å². The van der Waals surface area contributed by atoms with Gasteiger partial charge in [0.2, 0.25) is 0 Å². The zero-order valence-corrected chi connectivity index (χ0v) is 13.0. The number of hydrogen-bond donors (Lipinski definition) is 2. The SMILES string of the molecule is Cc1ccc(C)c(NC(=O)c2ccc(CC(N)=S)cc2)c1. The molecule has 0 radical (unpaired) electrons. The average Bonchev–Trinajstić information content (AvgIpc) is 2.43. The highest BCUT2D eigenvalue weighted by Crippen LogP contribution is 2.17. The summed E-state index contributed by atoms with van der Waals surface area (Å²) in [4.78, 5) is 12.7. The lowest BCUT2D eigenvalue weighted by atomic mass is 10.1. The Kier molecular flexibility index (Phi) is 4.70. The monoisotopic (exact) mass is 298 g/mol. The largest absolute Gasteiger partial charge is 0.393 e. The van der Waals surface area contributed by atoms with E-state index in [4.69, 9.17) is 18.0 Å². The molecule has 0 saturated carbocycles. The van der Waals surface area contributed by atoms with E-state index in [1.807, 2.05) is 44.2 Å². The summed E-state index contributed by atoms with van der Waals surface area (Å²) in [7, 11) is 0. The lowest BCUT2D eigenvalue weighted by molar-refractivity contribution is 0.102. The molecule has 0 spiro atoms. The summed E-state index contributed by atoms with van der Waals surface area (Å²) in [6.45, 7) is 3.97. The first-order chi connectivity index (χ1) is 9.95. The van der Waals surface area contributed by atoms with E-state index >= 15 is 0 Å². The molecule has 4 heteroatoms. The first kappa shape index (κ1) is 15.2. The molecule has 2 aromatic rings. The molecule has 0 atom stereocenters. The van der Waals surface area contributed by atoms with Crippen LogP contribution in [0, 0.1) is 13.8 Å². The Labute approximate surface area is 130 Å². The first-order valence-electron chi connectivity index (χ1n) is 6.71. The number of nitrogens with one attached hydrogen (secondary N) is 1. The van der Waals surface area contributed by atoms with Gasteiger partial charge in [0.25, 0.3) is 5.91 Å². The molecule has 0 heterocycles. The summed E-state index contributed by atoms with van der Waals surface area (Å²) in [6, 6.07) is 13.3. The molecule has 1 amide bonds. The van der Waals surface area contributed by atoms with E-state index in [0.29, 0.717) is 17.0 Å². The topological polar surface area (TPSA) is 55.1 Å². The van der Waals surface area contributed by atoms with Crippen molar-refractivity contribution in [3.8, 4) is 0 Å². The van der Waals surface area contributed by atoms with E-state index < -0.39 is 0 Å². The number of hydrogen-bond acceptors (Lipinski definition) is 2. The van der Waals surface area contributed by atoms with Crippen LogP contribution in [0.4, 0.5) is 5.69 Å². The fraction of sp³-hybridized carbons (Fsp3) is 0.176. The summed E-state index contributed by atoms with van der Waals surface area (Å²) >= 11 is 4.87. The number of amides is 1. The zero-order valence-electron chi connectivity index (χ0n) is 12.1. The number of carbonyl (C=O) groups is 1. The maximum Gasteiger partial charge on any atom is 0.255 e. The van der Waals surface area contributed by atoms with Crippen molar-refractivity contribution in [2.75, 3.05) is 5.32 Å². The Morgan fingerprint density at radius 3 is 2.43 bits per heavy atom. The van der Waals surface area contributed by atoms with E-state index in [1.165, 1.54) is 0 Å². The van der Waals surface area contributed by atoms with Crippen LogP contribution >= 0.6 is 12.2 Å². The summed E-state index contributed by atoms with van der Waals surface area (Å²) in [5.41, 5.74) is 10.1. The van der Waals surface area contributed by atoms with Gasteiger partial charge in [-0.2, -0.15) is 0 Å². The summed E-state index contributed by atoms with van der Waals surface area (Å²) in [5.74, 6) is -0.120. The molecule has 2 aromatic carbocycles. The van der Waals surface area contributed by atoms with Crippen molar-refractivity contribution in [1.29, 1.82) is 0 Å². The Balaban J connectivity index is 2.13. The molecule has 0 saturated heterocycles. The minimum atomic E-state index is -0.120. The highest BCUT2D eigenvalue weighted by atomic mass is 32.1. The number of nitrogens with two attached hydrogens (primary N) is 1. The second kappa shape index (κ2) is 6.50. The maximum atomic E-state index is 12.2. The van der Waals surface area contributed by atoms with Crippen molar-refractivity contribution in [2.24, 2.45) is 5.73 Å². The lowest BCUT2D eigenvalue weighted by Gasteiger charge is -2.10. The third-order valence-corrected chi connectivity index (χ3v) is 3.38. The van der Waals surface area contributed by atoms with Crippen LogP contribution < -0.4 is 11.1 Å². The minimum Gasteiger partial charge on any atom is -0.393 e. The normalized spacial score (nSPS) is 10.2. The van der Waals surface area contributed by atoms with Gasteiger partial charge in [-0.15, -0.1) is 0 Å². The highest BCUT2D eigenvalue weighted by Gasteiger charge is 2.08. The lowest BCUT2D eigenvalue weighted by Crippen LogP contribution is -2.14. The Morgan fingerprint density at radius 1 is 1.14 bits per heavy atom. The van der Waals surface area contributed by atoms with Crippen molar-refractivity contribution in [1.82, 2.24) is 0 Å². The molecule has 0 aliphatic carbocycles. The number of carbonyl (C=O) groups excluding carboxylic acids is 1. The predicted molar refractivity (Wildman–Crippen MR) is 90.8 cm³/mol. The average molecular weight is 298 g/mol. The summed E-state index contributed by atoms with van der Waals surface area (Å²) in [5, 5.41) is 2.94. The van der Waals surface area contributed by atoms with Gasteiger partial charge in [0.1, 0.15) is 0 Å². The van der Waals surface area contributed by atoms with E-state index in [2.05, 4.69) is 5.32 Å². The second-order valence-corrected chi connectivity index (χ2v) is 5.64. The molecule has 0 aromatic heterocycles. The molecule has 3 nitrogen and oxygen atoms in total. The smallest absolute Gasteiger partial charge is 0.255 e. The second-order valence-electron chi connectivity index (χ2n) is 5.11. The van der Waals surface area contributed by atoms with Gasteiger partial charge < -0.3 is 11.1 Å². The molecule has 0 aliphatic rings. The van der Waals surface area contributed by atoms with Crippen LogP contribution in [0.5, 0.6) is 0 Å². The quantitative estimate of drug-likeness (QED) is 0.851. The third kappa shape index (κ3) is 4.13. The third-order valence-electron chi connectivity index (χ3n) is 3.24. The minimum absolute atomic E-state index is 0.120. The van der Waals surface area contributed by atoms with Crippen LogP contribution in [0.15, 0.2) is 42.5 Å². The molecule has 0 aliphatic heterocycles. The maximum absolute atomic E-state index is 12.2. The molecule has 108 valence electrons. The highest BCUT2D eigenvalue weighted by molar-refractivity contribution is 7.80. The Morgan fingerprint density at radius 2 is 1.81 bits per heavy atom. The molecular formula is C17H18N2OS. The van der Waals surface area contributed by atoms with E-state index in [9.17, 15) is 4.79 Å². The van der Waals surface area contributed by atoms with Gasteiger partial charge in [0.15, 0.2) is 0 Å². The standard InChI is InChI=1S/C17H18N2OS/c1-11-3-4-12(2)15(9-11)19-17(20)14-7-5-13(6-8-14)10-16(18)21/h3-9H,10H2,1-2H3,(H2,18,21)(H,19,20).